The highest BCUT2D eigenvalue weighted by Gasteiger charge is 2.34. The van der Waals surface area contributed by atoms with Crippen LogP contribution in [0.5, 0.6) is 5.75 Å². The van der Waals surface area contributed by atoms with Crippen molar-refractivity contribution in [3.63, 3.8) is 0 Å². The van der Waals surface area contributed by atoms with Gasteiger partial charge in [0.2, 0.25) is 0 Å². The van der Waals surface area contributed by atoms with Crippen molar-refractivity contribution in [2.45, 2.75) is 43.7 Å². The first-order chi connectivity index (χ1) is 12.7. The molecular formula is C20H23N5O. The van der Waals surface area contributed by atoms with Gasteiger partial charge in [0, 0.05) is 41.6 Å². The molecule has 3 atom stereocenters. The van der Waals surface area contributed by atoms with Gasteiger partial charge in [-0.3, -0.25) is 0 Å². The molecule has 2 unspecified atom stereocenters. The van der Waals surface area contributed by atoms with Crippen LogP contribution in [0.4, 0.5) is 0 Å². The predicted octanol–water partition coefficient (Wildman–Crippen LogP) is 2.80. The largest absolute Gasteiger partial charge is 0.507 e. The maximum atomic E-state index is 10.4. The highest BCUT2D eigenvalue weighted by atomic mass is 16.3. The molecule has 26 heavy (non-hydrogen) atoms. The number of allylic oxidation sites excluding steroid dienone is 1. The number of nitrogens with two attached hydrogens (primary N) is 1. The molecule has 0 amide bonds. The topological polar surface area (TPSA) is 108 Å². The summed E-state index contributed by atoms with van der Waals surface area (Å²) in [5.41, 5.74) is 9.06. The lowest BCUT2D eigenvalue weighted by Gasteiger charge is -2.28. The molecule has 0 radical (unpaired) electrons. The molecular weight excluding hydrogens is 326 g/mol. The first-order valence-corrected chi connectivity index (χ1v) is 9.03. The van der Waals surface area contributed by atoms with Gasteiger partial charge in [0.25, 0.3) is 0 Å². The zero-order valence-corrected chi connectivity index (χ0v) is 14.5. The molecule has 6 nitrogen and oxygen atoms in total. The van der Waals surface area contributed by atoms with Crippen LogP contribution < -0.4 is 11.1 Å². The van der Waals surface area contributed by atoms with Crippen LogP contribution in [0.25, 0.3) is 16.8 Å². The first kappa shape index (κ1) is 16.7. The quantitative estimate of drug-likeness (QED) is 0.635. The van der Waals surface area contributed by atoms with Gasteiger partial charge in [-0.15, -0.1) is 0 Å². The maximum Gasteiger partial charge on any atom is 0.125 e. The van der Waals surface area contributed by atoms with Crippen LogP contribution in [-0.2, 0) is 0 Å². The van der Waals surface area contributed by atoms with Gasteiger partial charge >= 0.3 is 0 Å². The number of hydrogen-bond donors (Lipinski definition) is 4. The van der Waals surface area contributed by atoms with Crippen molar-refractivity contribution in [2.75, 3.05) is 0 Å². The zero-order chi connectivity index (χ0) is 18.1. The van der Waals surface area contributed by atoms with E-state index in [1.165, 1.54) is 19.0 Å². The molecule has 0 aliphatic carbocycles. The van der Waals surface area contributed by atoms with E-state index in [0.29, 0.717) is 40.4 Å². The average Bonchev–Trinajstić information content (AvgIpc) is 3.01. The number of phenols is 1. The minimum Gasteiger partial charge on any atom is -0.507 e. The van der Waals surface area contributed by atoms with Crippen molar-refractivity contribution in [3.05, 3.63) is 47.8 Å². The molecule has 1 aromatic heterocycles. The Bertz CT molecular complexity index is 834. The number of aromatic hydroxyl groups is 1. The van der Waals surface area contributed by atoms with E-state index in [9.17, 15) is 5.11 Å². The molecule has 2 saturated heterocycles. The molecule has 2 fully saturated rings. The van der Waals surface area contributed by atoms with Crippen LogP contribution in [0.2, 0.25) is 0 Å². The highest BCUT2D eigenvalue weighted by molar-refractivity contribution is 6.08. The van der Waals surface area contributed by atoms with Crippen LogP contribution in [0.1, 0.15) is 42.9 Å². The van der Waals surface area contributed by atoms with Crippen LogP contribution in [0.3, 0.4) is 0 Å². The van der Waals surface area contributed by atoms with E-state index >= 15 is 0 Å². The smallest absolute Gasteiger partial charge is 0.125 e. The second-order valence-electron chi connectivity index (χ2n) is 7.15. The number of piperidine rings is 1. The van der Waals surface area contributed by atoms with Gasteiger partial charge < -0.3 is 21.6 Å². The fraction of sp³-hybridized carbons (Fsp3) is 0.350. The van der Waals surface area contributed by atoms with E-state index in [-0.39, 0.29) is 5.75 Å². The van der Waals surface area contributed by atoms with Crippen molar-refractivity contribution in [1.82, 2.24) is 15.5 Å². The van der Waals surface area contributed by atoms with Gasteiger partial charge in [-0.25, -0.2) is 0 Å². The third kappa shape index (κ3) is 3.08. The summed E-state index contributed by atoms with van der Waals surface area (Å²) in [6, 6.07) is 10.4. The van der Waals surface area contributed by atoms with Crippen molar-refractivity contribution in [1.29, 1.82) is 5.41 Å². The Hall–Kier alpha value is -2.73. The Labute approximate surface area is 152 Å². The summed E-state index contributed by atoms with van der Waals surface area (Å²) in [5, 5.41) is 30.2. The summed E-state index contributed by atoms with van der Waals surface area (Å²) in [5.74, 6) is 0.571. The summed E-state index contributed by atoms with van der Waals surface area (Å²) in [6.45, 7) is 0. The third-order valence-corrected chi connectivity index (χ3v) is 5.52. The summed E-state index contributed by atoms with van der Waals surface area (Å²) in [4.78, 5) is 0. The zero-order valence-electron chi connectivity index (χ0n) is 14.5. The second kappa shape index (κ2) is 6.88. The Kier molecular flexibility index (Phi) is 4.42. The molecule has 4 rings (SSSR count). The van der Waals surface area contributed by atoms with Gasteiger partial charge in [0.1, 0.15) is 5.75 Å². The Morgan fingerprint density at radius 1 is 1.15 bits per heavy atom. The van der Waals surface area contributed by atoms with Gasteiger partial charge in [-0.05, 0) is 55.5 Å². The molecule has 2 aliphatic rings. The Morgan fingerprint density at radius 3 is 2.50 bits per heavy atom. The van der Waals surface area contributed by atoms with Crippen LogP contribution >= 0.6 is 0 Å². The lowest BCUT2D eigenvalue weighted by atomic mass is 9.89. The minimum atomic E-state index is 0.102. The SMILES string of the molecule is N=CC(=CN)c1ccc(-c2ccc(C3CC4CC[C@@H](C3)N4)nn2)c(O)c1. The molecule has 1 aromatic carbocycles. The fourth-order valence-electron chi connectivity index (χ4n) is 4.16. The molecule has 0 saturated carbocycles. The van der Waals surface area contributed by atoms with Crippen LogP contribution in [0.15, 0.2) is 36.5 Å². The Morgan fingerprint density at radius 2 is 1.92 bits per heavy atom. The molecule has 134 valence electrons. The number of benzene rings is 1. The number of rotatable bonds is 4. The van der Waals surface area contributed by atoms with Crippen molar-refractivity contribution >= 4 is 11.8 Å². The molecule has 3 heterocycles. The van der Waals surface area contributed by atoms with Gasteiger partial charge in [0.05, 0.1) is 11.4 Å². The summed E-state index contributed by atoms with van der Waals surface area (Å²) in [6.07, 6.45) is 7.30. The van der Waals surface area contributed by atoms with E-state index < -0.39 is 0 Å². The molecule has 0 spiro atoms. The van der Waals surface area contributed by atoms with Crippen molar-refractivity contribution < 1.29 is 5.11 Å². The number of nitrogens with one attached hydrogen (secondary N) is 2. The number of fused-ring (bicyclic) bond motifs is 2. The monoisotopic (exact) mass is 349 g/mol. The van der Waals surface area contributed by atoms with E-state index in [1.54, 1.807) is 12.1 Å². The molecule has 2 aromatic rings. The summed E-state index contributed by atoms with van der Waals surface area (Å²) < 4.78 is 0. The van der Waals surface area contributed by atoms with E-state index in [2.05, 4.69) is 15.5 Å². The number of nitrogens with zero attached hydrogens (tertiary/aromatic N) is 2. The summed E-state index contributed by atoms with van der Waals surface area (Å²) >= 11 is 0. The standard InChI is InChI=1S/C20H23N5O/c21-10-14(11-22)12-1-4-17(20(26)9-12)19-6-5-18(24-25-19)13-7-15-2-3-16(8-13)23-15/h1,4-6,9-11,13,15-16,21,23,26H,2-3,7-8,22H2/t13?,15-,16?/m0/s1. The van der Waals surface area contributed by atoms with Crippen molar-refractivity contribution in [3.8, 4) is 17.0 Å². The van der Waals surface area contributed by atoms with E-state index in [0.717, 1.165) is 24.8 Å². The highest BCUT2D eigenvalue weighted by Crippen LogP contribution is 2.37. The van der Waals surface area contributed by atoms with Gasteiger partial charge in [0.15, 0.2) is 0 Å². The molecule has 2 aliphatic heterocycles. The second-order valence-corrected chi connectivity index (χ2v) is 7.15. The normalized spacial score (nSPS) is 25.2. The molecule has 6 heteroatoms. The molecule has 2 bridgehead atoms. The van der Waals surface area contributed by atoms with Gasteiger partial charge in [-0.1, -0.05) is 6.07 Å². The Balaban J connectivity index is 1.56. The number of aromatic nitrogens is 2. The lowest BCUT2D eigenvalue weighted by Crippen LogP contribution is -2.37. The summed E-state index contributed by atoms with van der Waals surface area (Å²) in [7, 11) is 0. The van der Waals surface area contributed by atoms with E-state index in [4.69, 9.17) is 11.1 Å². The number of phenolic OH excluding ortho intramolecular Hbond substituents is 1. The minimum absolute atomic E-state index is 0.102. The maximum absolute atomic E-state index is 10.4. The predicted molar refractivity (Wildman–Crippen MR) is 102 cm³/mol. The van der Waals surface area contributed by atoms with E-state index in [1.807, 2.05) is 18.2 Å². The van der Waals surface area contributed by atoms with Crippen LogP contribution in [-0.4, -0.2) is 33.6 Å². The molecule has 5 N–H and O–H groups in total. The average molecular weight is 349 g/mol. The third-order valence-electron chi connectivity index (χ3n) is 5.52. The van der Waals surface area contributed by atoms with Gasteiger partial charge in [-0.2, -0.15) is 10.2 Å². The fourth-order valence-corrected chi connectivity index (χ4v) is 4.16. The van der Waals surface area contributed by atoms with Crippen LogP contribution in [0, 0.1) is 5.41 Å². The van der Waals surface area contributed by atoms with Crippen molar-refractivity contribution in [2.24, 2.45) is 5.73 Å². The first-order valence-electron chi connectivity index (χ1n) is 9.03. The lowest BCUT2D eigenvalue weighted by molar-refractivity contribution is 0.357. The number of hydrogen-bond acceptors (Lipinski definition) is 6.